The van der Waals surface area contributed by atoms with Crippen LogP contribution in [0.2, 0.25) is 0 Å². The van der Waals surface area contributed by atoms with E-state index in [1.165, 1.54) is 31.2 Å². The van der Waals surface area contributed by atoms with E-state index in [0.717, 1.165) is 23.8 Å². The van der Waals surface area contributed by atoms with Gasteiger partial charge >= 0.3 is 0 Å². The van der Waals surface area contributed by atoms with Gasteiger partial charge in [-0.25, -0.2) is 0 Å². The molecular weight excluding hydrogens is 162 g/mol. The molecule has 2 rings (SSSR count). The first-order valence-corrected chi connectivity index (χ1v) is 5.19. The van der Waals surface area contributed by atoms with E-state index in [9.17, 15) is 0 Å². The average molecular weight is 179 g/mol. The third kappa shape index (κ3) is 1.77. The van der Waals surface area contributed by atoms with Crippen molar-refractivity contribution in [1.29, 1.82) is 0 Å². The highest BCUT2D eigenvalue weighted by atomic mass is 16.5. The number of nitrogens with zero attached hydrogens (tertiary/aromatic N) is 1. The molecule has 0 saturated heterocycles. The van der Waals surface area contributed by atoms with Crippen molar-refractivity contribution in [3.8, 4) is 0 Å². The summed E-state index contributed by atoms with van der Waals surface area (Å²) >= 11 is 0. The molecule has 1 aliphatic rings. The Kier molecular flexibility index (Phi) is 2.38. The maximum absolute atomic E-state index is 5.13. The number of aromatic nitrogens is 1. The minimum absolute atomic E-state index is 0.980. The fraction of sp³-hybridized carbons (Fsp3) is 0.727. The van der Waals surface area contributed by atoms with E-state index in [0.29, 0.717) is 0 Å². The SMILES string of the molecule is Cc1noc(C)c1CCC1CCC1. The Labute approximate surface area is 79.3 Å². The normalized spacial score (nSPS) is 17.4. The van der Waals surface area contributed by atoms with Crippen molar-refractivity contribution < 1.29 is 4.52 Å². The third-order valence-electron chi connectivity index (χ3n) is 3.21. The van der Waals surface area contributed by atoms with Crippen LogP contribution < -0.4 is 0 Å². The molecule has 1 aromatic rings. The largest absolute Gasteiger partial charge is 0.361 e. The number of aryl methyl sites for hydroxylation is 2. The molecule has 0 aliphatic heterocycles. The molecule has 0 amide bonds. The molecule has 1 aliphatic carbocycles. The maximum Gasteiger partial charge on any atom is 0.137 e. The molecule has 1 saturated carbocycles. The molecule has 2 heteroatoms. The molecule has 1 aromatic heterocycles. The van der Waals surface area contributed by atoms with Crippen molar-refractivity contribution >= 4 is 0 Å². The van der Waals surface area contributed by atoms with Gasteiger partial charge in [0.25, 0.3) is 0 Å². The number of hydrogen-bond acceptors (Lipinski definition) is 2. The zero-order valence-corrected chi connectivity index (χ0v) is 8.47. The van der Waals surface area contributed by atoms with Crippen LogP contribution in [0, 0.1) is 19.8 Å². The van der Waals surface area contributed by atoms with Gasteiger partial charge in [0.1, 0.15) is 5.76 Å². The monoisotopic (exact) mass is 179 g/mol. The second kappa shape index (κ2) is 3.52. The van der Waals surface area contributed by atoms with Crippen LogP contribution in [0.3, 0.4) is 0 Å². The van der Waals surface area contributed by atoms with Gasteiger partial charge in [0, 0.05) is 5.56 Å². The van der Waals surface area contributed by atoms with Crippen molar-refractivity contribution in [3.63, 3.8) is 0 Å². The molecule has 72 valence electrons. The topological polar surface area (TPSA) is 26.0 Å². The number of hydrogen-bond donors (Lipinski definition) is 0. The van der Waals surface area contributed by atoms with Gasteiger partial charge in [0.05, 0.1) is 5.69 Å². The molecule has 0 aromatic carbocycles. The molecule has 0 N–H and O–H groups in total. The highest BCUT2D eigenvalue weighted by molar-refractivity contribution is 5.20. The van der Waals surface area contributed by atoms with Gasteiger partial charge in [-0.05, 0) is 32.6 Å². The van der Waals surface area contributed by atoms with Crippen LogP contribution in [0.1, 0.15) is 42.7 Å². The van der Waals surface area contributed by atoms with E-state index in [1.807, 2.05) is 13.8 Å². The van der Waals surface area contributed by atoms with E-state index in [-0.39, 0.29) is 0 Å². The van der Waals surface area contributed by atoms with Crippen molar-refractivity contribution in [2.75, 3.05) is 0 Å². The lowest BCUT2D eigenvalue weighted by Gasteiger charge is -2.24. The van der Waals surface area contributed by atoms with Crippen LogP contribution >= 0.6 is 0 Å². The van der Waals surface area contributed by atoms with Gasteiger partial charge in [-0.15, -0.1) is 0 Å². The van der Waals surface area contributed by atoms with E-state index in [1.54, 1.807) is 0 Å². The van der Waals surface area contributed by atoms with Crippen molar-refractivity contribution in [1.82, 2.24) is 5.16 Å². The summed E-state index contributed by atoms with van der Waals surface area (Å²) in [5, 5.41) is 3.96. The van der Waals surface area contributed by atoms with E-state index in [2.05, 4.69) is 5.16 Å². The minimum atomic E-state index is 0.980. The fourth-order valence-electron chi connectivity index (χ4n) is 1.99. The average Bonchev–Trinajstić information content (AvgIpc) is 2.32. The quantitative estimate of drug-likeness (QED) is 0.712. The first-order chi connectivity index (χ1) is 6.27. The molecule has 1 fully saturated rings. The third-order valence-corrected chi connectivity index (χ3v) is 3.21. The molecule has 0 atom stereocenters. The highest BCUT2D eigenvalue weighted by Gasteiger charge is 2.18. The molecule has 13 heavy (non-hydrogen) atoms. The molecule has 0 bridgehead atoms. The summed E-state index contributed by atoms with van der Waals surface area (Å²) in [6, 6.07) is 0. The second-order valence-corrected chi connectivity index (χ2v) is 4.14. The fourth-order valence-corrected chi connectivity index (χ4v) is 1.99. The van der Waals surface area contributed by atoms with Crippen LogP contribution in [0.25, 0.3) is 0 Å². The molecular formula is C11H17NO. The van der Waals surface area contributed by atoms with Gasteiger partial charge in [0.15, 0.2) is 0 Å². The smallest absolute Gasteiger partial charge is 0.137 e. The summed E-state index contributed by atoms with van der Waals surface area (Å²) in [6.45, 7) is 4.04. The predicted octanol–water partition coefficient (Wildman–Crippen LogP) is 3.02. The van der Waals surface area contributed by atoms with Gasteiger partial charge in [-0.1, -0.05) is 24.4 Å². The molecule has 0 spiro atoms. The van der Waals surface area contributed by atoms with Crippen LogP contribution in [-0.2, 0) is 6.42 Å². The van der Waals surface area contributed by atoms with E-state index in [4.69, 9.17) is 4.52 Å². The van der Waals surface area contributed by atoms with Crippen molar-refractivity contribution in [3.05, 3.63) is 17.0 Å². The lowest BCUT2D eigenvalue weighted by atomic mass is 9.81. The zero-order chi connectivity index (χ0) is 9.26. The first kappa shape index (κ1) is 8.79. The van der Waals surface area contributed by atoms with Gasteiger partial charge < -0.3 is 4.52 Å². The van der Waals surface area contributed by atoms with Gasteiger partial charge in [-0.3, -0.25) is 0 Å². The number of rotatable bonds is 3. The Hall–Kier alpha value is -0.790. The Bertz CT molecular complexity index is 267. The van der Waals surface area contributed by atoms with Crippen LogP contribution in [-0.4, -0.2) is 5.16 Å². The van der Waals surface area contributed by atoms with Crippen molar-refractivity contribution in [2.24, 2.45) is 5.92 Å². The Morgan fingerprint density at radius 3 is 2.62 bits per heavy atom. The first-order valence-electron chi connectivity index (χ1n) is 5.19. The maximum atomic E-state index is 5.13. The second-order valence-electron chi connectivity index (χ2n) is 4.14. The molecule has 0 radical (unpaired) electrons. The summed E-state index contributed by atoms with van der Waals surface area (Å²) in [4.78, 5) is 0. The van der Waals surface area contributed by atoms with E-state index < -0.39 is 0 Å². The summed E-state index contributed by atoms with van der Waals surface area (Å²) in [5.41, 5.74) is 2.42. The summed E-state index contributed by atoms with van der Waals surface area (Å²) in [5.74, 6) is 1.99. The summed E-state index contributed by atoms with van der Waals surface area (Å²) in [7, 11) is 0. The van der Waals surface area contributed by atoms with Gasteiger partial charge in [0.2, 0.25) is 0 Å². The van der Waals surface area contributed by atoms with Crippen LogP contribution in [0.4, 0.5) is 0 Å². The minimum Gasteiger partial charge on any atom is -0.361 e. The molecule has 2 nitrogen and oxygen atoms in total. The Morgan fingerprint density at radius 2 is 2.15 bits per heavy atom. The Balaban J connectivity index is 1.92. The van der Waals surface area contributed by atoms with Gasteiger partial charge in [-0.2, -0.15) is 0 Å². The predicted molar refractivity (Wildman–Crippen MR) is 51.6 cm³/mol. The lowest BCUT2D eigenvalue weighted by molar-refractivity contribution is 0.295. The van der Waals surface area contributed by atoms with Crippen molar-refractivity contribution in [2.45, 2.75) is 46.0 Å². The highest BCUT2D eigenvalue weighted by Crippen LogP contribution is 2.31. The molecule has 1 heterocycles. The molecule has 0 unspecified atom stereocenters. The van der Waals surface area contributed by atoms with Crippen LogP contribution in [0.15, 0.2) is 4.52 Å². The van der Waals surface area contributed by atoms with Crippen LogP contribution in [0.5, 0.6) is 0 Å². The summed E-state index contributed by atoms with van der Waals surface area (Å²) < 4.78 is 5.13. The standard InChI is InChI=1S/C11H17NO/c1-8-11(9(2)13-12-8)7-6-10-4-3-5-10/h10H,3-7H2,1-2H3. The summed E-state index contributed by atoms with van der Waals surface area (Å²) in [6.07, 6.45) is 6.79. The van der Waals surface area contributed by atoms with E-state index >= 15 is 0 Å². The zero-order valence-electron chi connectivity index (χ0n) is 8.47. The lowest BCUT2D eigenvalue weighted by Crippen LogP contribution is -2.11. The Morgan fingerprint density at radius 1 is 1.38 bits per heavy atom.